The van der Waals surface area contributed by atoms with E-state index >= 15 is 0 Å². The highest BCUT2D eigenvalue weighted by atomic mass is 32.2. The molecule has 0 unspecified atom stereocenters. The van der Waals surface area contributed by atoms with Gasteiger partial charge in [-0.2, -0.15) is 0 Å². The summed E-state index contributed by atoms with van der Waals surface area (Å²) in [5.74, 6) is 0.0996. The number of hydrogen-bond donors (Lipinski definition) is 0. The maximum atomic E-state index is 13.3. The summed E-state index contributed by atoms with van der Waals surface area (Å²) in [6.45, 7) is 3.07. The maximum absolute atomic E-state index is 13.3. The van der Waals surface area contributed by atoms with Gasteiger partial charge < -0.3 is 9.30 Å². The van der Waals surface area contributed by atoms with Crippen LogP contribution in [0, 0.1) is 6.92 Å². The number of thiazole rings is 1. The van der Waals surface area contributed by atoms with Gasteiger partial charge in [0.25, 0.3) is 0 Å². The van der Waals surface area contributed by atoms with Crippen LogP contribution in [0.15, 0.2) is 66.1 Å². The first kappa shape index (κ1) is 23.9. The Hall–Kier alpha value is -3.24. The Morgan fingerprint density at radius 2 is 1.97 bits per heavy atom. The number of rotatable bonds is 10. The minimum Gasteiger partial charge on any atom is -0.494 e. The molecule has 1 amide bonds. The molecule has 4 aromatic rings. The second-order valence-electron chi connectivity index (χ2n) is 7.84. The fourth-order valence-corrected chi connectivity index (χ4v) is 5.98. The van der Waals surface area contributed by atoms with Crippen LogP contribution in [-0.2, 0) is 21.2 Å². The number of nitrogens with zero attached hydrogens (tertiary/aromatic N) is 4. The molecule has 0 bridgehead atoms. The Labute approximate surface area is 202 Å². The van der Waals surface area contributed by atoms with Gasteiger partial charge in [0, 0.05) is 31.9 Å². The van der Waals surface area contributed by atoms with Crippen molar-refractivity contribution in [1.82, 2.24) is 14.5 Å². The second kappa shape index (κ2) is 10.4. The topological polar surface area (TPSA) is 94.4 Å². The van der Waals surface area contributed by atoms with E-state index in [0.29, 0.717) is 35.9 Å². The number of ether oxygens (including phenoxy) is 1. The third-order valence-corrected chi connectivity index (χ3v) is 8.43. The number of imidazole rings is 1. The summed E-state index contributed by atoms with van der Waals surface area (Å²) in [4.78, 5) is 23.9. The van der Waals surface area contributed by atoms with E-state index in [1.165, 1.54) is 11.3 Å². The minimum atomic E-state index is -3.57. The molecule has 8 nitrogen and oxygen atoms in total. The van der Waals surface area contributed by atoms with E-state index in [9.17, 15) is 13.2 Å². The first-order valence-electron chi connectivity index (χ1n) is 10.9. The lowest BCUT2D eigenvalue weighted by Gasteiger charge is -2.20. The number of amides is 1. The summed E-state index contributed by atoms with van der Waals surface area (Å²) in [5.41, 5.74) is 1.74. The fraction of sp³-hybridized carbons (Fsp3) is 0.292. The van der Waals surface area contributed by atoms with Crippen molar-refractivity contribution in [3.05, 3.63) is 66.7 Å². The number of benzene rings is 2. The van der Waals surface area contributed by atoms with Crippen molar-refractivity contribution in [3.8, 4) is 5.75 Å². The average Bonchev–Trinajstić information content (AvgIpc) is 3.52. The molecule has 0 aliphatic carbocycles. The van der Waals surface area contributed by atoms with E-state index in [1.54, 1.807) is 54.9 Å². The van der Waals surface area contributed by atoms with Gasteiger partial charge in [-0.25, -0.2) is 18.4 Å². The molecule has 34 heavy (non-hydrogen) atoms. The summed E-state index contributed by atoms with van der Waals surface area (Å²) in [5, 5.41) is 0.537. The number of methoxy groups -OCH3 is 1. The summed E-state index contributed by atoms with van der Waals surface area (Å²) in [7, 11) is -1.98. The number of aromatic nitrogens is 3. The number of aryl methyl sites for hydroxylation is 2. The van der Waals surface area contributed by atoms with E-state index in [-0.39, 0.29) is 23.0 Å². The van der Waals surface area contributed by atoms with E-state index in [1.807, 2.05) is 29.8 Å². The lowest BCUT2D eigenvalue weighted by molar-refractivity contribution is -0.118. The molecule has 10 heteroatoms. The van der Waals surface area contributed by atoms with E-state index in [4.69, 9.17) is 9.72 Å². The van der Waals surface area contributed by atoms with Crippen molar-refractivity contribution in [1.29, 1.82) is 0 Å². The van der Waals surface area contributed by atoms with Crippen LogP contribution in [0.1, 0.15) is 18.4 Å². The van der Waals surface area contributed by atoms with Crippen LogP contribution in [-0.4, -0.2) is 48.3 Å². The number of carbonyl (C=O) groups excluding carboxylic acids is 1. The molecule has 178 valence electrons. The Morgan fingerprint density at radius 1 is 1.18 bits per heavy atom. The Kier molecular flexibility index (Phi) is 7.28. The molecule has 2 aromatic carbocycles. The predicted octanol–water partition coefficient (Wildman–Crippen LogP) is 4.10. The lowest BCUT2D eigenvalue weighted by atomic mass is 10.2. The third kappa shape index (κ3) is 5.28. The van der Waals surface area contributed by atoms with Gasteiger partial charge in [-0.3, -0.25) is 9.69 Å². The zero-order chi connectivity index (χ0) is 24.1. The maximum Gasteiger partial charge on any atom is 0.229 e. The molecule has 0 saturated carbocycles. The van der Waals surface area contributed by atoms with Gasteiger partial charge in [0.15, 0.2) is 15.0 Å². The molecule has 2 aromatic heterocycles. The Morgan fingerprint density at radius 3 is 2.68 bits per heavy atom. The standard InChI is InChI=1S/C24H26N4O4S2/c1-18-9-10-20(32-2)22-23(18)33-24(26-22)28(14-6-13-27-15-12-25-17-27)21(29)11-16-34(30,31)19-7-4-3-5-8-19/h3-5,7-10,12,15,17H,6,11,13-14,16H2,1-2H3. The van der Waals surface area contributed by atoms with Gasteiger partial charge in [-0.05, 0) is 37.1 Å². The highest BCUT2D eigenvalue weighted by Gasteiger charge is 2.24. The quantitative estimate of drug-likeness (QED) is 0.327. The number of anilines is 1. The monoisotopic (exact) mass is 498 g/mol. The number of carbonyl (C=O) groups is 1. The first-order valence-corrected chi connectivity index (χ1v) is 13.3. The number of hydrogen-bond acceptors (Lipinski definition) is 7. The molecule has 0 aliphatic heterocycles. The largest absolute Gasteiger partial charge is 0.494 e. The SMILES string of the molecule is COc1ccc(C)c2sc(N(CCCn3ccnc3)C(=O)CCS(=O)(=O)c3ccccc3)nc12. The zero-order valence-electron chi connectivity index (χ0n) is 19.0. The fourth-order valence-electron chi connectivity index (χ4n) is 3.64. The molecule has 2 heterocycles. The molecule has 0 aliphatic rings. The van der Waals surface area contributed by atoms with Crippen LogP contribution < -0.4 is 9.64 Å². The van der Waals surface area contributed by atoms with Gasteiger partial charge in [-0.1, -0.05) is 35.6 Å². The van der Waals surface area contributed by atoms with Crippen LogP contribution >= 0.6 is 11.3 Å². The molecule has 0 spiro atoms. The normalized spacial score (nSPS) is 11.6. The van der Waals surface area contributed by atoms with Crippen LogP contribution in [0.3, 0.4) is 0 Å². The van der Waals surface area contributed by atoms with Crippen molar-refractivity contribution in [2.45, 2.75) is 31.2 Å². The smallest absolute Gasteiger partial charge is 0.229 e. The van der Waals surface area contributed by atoms with Crippen LogP contribution in [0.5, 0.6) is 5.75 Å². The first-order chi connectivity index (χ1) is 16.4. The van der Waals surface area contributed by atoms with E-state index < -0.39 is 9.84 Å². The number of sulfone groups is 1. The van der Waals surface area contributed by atoms with E-state index in [2.05, 4.69) is 4.98 Å². The Balaban J connectivity index is 1.58. The van der Waals surface area contributed by atoms with Gasteiger partial charge in [0.2, 0.25) is 5.91 Å². The number of fused-ring (bicyclic) bond motifs is 1. The van der Waals surface area contributed by atoms with Crippen LogP contribution in [0.2, 0.25) is 0 Å². The van der Waals surface area contributed by atoms with Gasteiger partial charge >= 0.3 is 0 Å². The summed E-state index contributed by atoms with van der Waals surface area (Å²) >= 11 is 1.41. The lowest BCUT2D eigenvalue weighted by Crippen LogP contribution is -2.33. The summed E-state index contributed by atoms with van der Waals surface area (Å²) in [6.07, 6.45) is 5.84. The molecule has 0 radical (unpaired) electrons. The molecule has 4 rings (SSSR count). The molecular formula is C24H26N4O4S2. The van der Waals surface area contributed by atoms with Crippen LogP contribution in [0.4, 0.5) is 5.13 Å². The third-order valence-electron chi connectivity index (χ3n) is 5.49. The Bertz CT molecular complexity index is 1370. The van der Waals surface area contributed by atoms with Gasteiger partial charge in [-0.15, -0.1) is 0 Å². The molecule has 0 fully saturated rings. The van der Waals surface area contributed by atoms with Gasteiger partial charge in [0.05, 0.1) is 28.8 Å². The highest BCUT2D eigenvalue weighted by Crippen LogP contribution is 2.36. The molecular weight excluding hydrogens is 472 g/mol. The molecule has 0 N–H and O–H groups in total. The highest BCUT2D eigenvalue weighted by molar-refractivity contribution is 7.91. The summed E-state index contributed by atoms with van der Waals surface area (Å²) < 4.78 is 33.8. The second-order valence-corrected chi connectivity index (χ2v) is 10.9. The van der Waals surface area contributed by atoms with Crippen molar-refractivity contribution in [2.24, 2.45) is 0 Å². The predicted molar refractivity (Wildman–Crippen MR) is 133 cm³/mol. The van der Waals surface area contributed by atoms with Crippen molar-refractivity contribution >= 4 is 42.4 Å². The zero-order valence-corrected chi connectivity index (χ0v) is 20.7. The van der Waals surface area contributed by atoms with E-state index in [0.717, 1.165) is 10.3 Å². The minimum absolute atomic E-state index is 0.131. The van der Waals surface area contributed by atoms with Gasteiger partial charge in [0.1, 0.15) is 11.3 Å². The van der Waals surface area contributed by atoms with Crippen molar-refractivity contribution < 1.29 is 17.9 Å². The molecule has 0 saturated heterocycles. The van der Waals surface area contributed by atoms with Crippen LogP contribution in [0.25, 0.3) is 10.2 Å². The van der Waals surface area contributed by atoms with Crippen molar-refractivity contribution in [3.63, 3.8) is 0 Å². The summed E-state index contributed by atoms with van der Waals surface area (Å²) in [6, 6.07) is 12.0. The van der Waals surface area contributed by atoms with Crippen molar-refractivity contribution in [2.75, 3.05) is 24.3 Å². The molecule has 0 atom stereocenters. The average molecular weight is 499 g/mol.